The minimum absolute atomic E-state index is 0.404. The molecule has 0 fully saturated rings. The second kappa shape index (κ2) is 7.59. The first-order valence-electron chi connectivity index (χ1n) is 9.67. The number of hydrogen-bond donors (Lipinski definition) is 1. The van der Waals surface area contributed by atoms with Crippen LogP contribution in [0.1, 0.15) is 17.2 Å². The molecular formula is C23H21N3O3S. The van der Waals surface area contributed by atoms with Crippen LogP contribution in [-0.4, -0.2) is 35.8 Å². The smallest absolute Gasteiger partial charge is 0.172 e. The molecule has 0 saturated carbocycles. The molecule has 152 valence electrons. The van der Waals surface area contributed by atoms with Crippen LogP contribution >= 0.6 is 11.3 Å². The number of methoxy groups -OCH3 is 2. The second-order valence-electron chi connectivity index (χ2n) is 7.12. The maximum atomic E-state index is 11.0. The predicted molar refractivity (Wildman–Crippen MR) is 118 cm³/mol. The van der Waals surface area contributed by atoms with Gasteiger partial charge < -0.3 is 19.5 Å². The fraction of sp³-hybridized carbons (Fsp3) is 0.217. The number of β-amino-alcohol motifs (C(OH)–C–C–N with tert-alkyl or cyclic N) is 1. The lowest BCUT2D eigenvalue weighted by atomic mass is 9.95. The van der Waals surface area contributed by atoms with Crippen molar-refractivity contribution >= 4 is 28.1 Å². The number of aromatic nitrogens is 2. The van der Waals surface area contributed by atoms with Gasteiger partial charge in [-0.25, -0.2) is 9.97 Å². The Morgan fingerprint density at radius 1 is 1.00 bits per heavy atom. The van der Waals surface area contributed by atoms with E-state index in [0.717, 1.165) is 38.5 Å². The van der Waals surface area contributed by atoms with Gasteiger partial charge in [0.1, 0.15) is 23.4 Å². The number of fused-ring (bicyclic) bond motifs is 2. The zero-order valence-electron chi connectivity index (χ0n) is 16.7. The highest BCUT2D eigenvalue weighted by Gasteiger charge is 2.31. The van der Waals surface area contributed by atoms with Crippen molar-refractivity contribution in [2.45, 2.75) is 12.6 Å². The maximum Gasteiger partial charge on any atom is 0.172 e. The molecule has 0 saturated heterocycles. The van der Waals surface area contributed by atoms with E-state index >= 15 is 0 Å². The first kappa shape index (κ1) is 18.8. The van der Waals surface area contributed by atoms with Crippen LogP contribution in [0.4, 0.5) is 5.82 Å². The minimum Gasteiger partial charge on any atom is -0.496 e. The standard InChI is InChI=1S/C23H21N3O3S/c1-28-18-9-10-19(29-2)21-15(18)12-26(13-17(21)27)23-14-6-3-4-7-16(14)24-22(25-23)20-8-5-11-30-20/h3-11,17,27H,12-13H2,1-2H3. The number of hydrogen-bond acceptors (Lipinski definition) is 7. The molecule has 2 aromatic heterocycles. The van der Waals surface area contributed by atoms with Crippen LogP contribution in [0.3, 0.4) is 0 Å². The summed E-state index contributed by atoms with van der Waals surface area (Å²) in [5, 5.41) is 14.0. The summed E-state index contributed by atoms with van der Waals surface area (Å²) in [6.07, 6.45) is -0.724. The van der Waals surface area contributed by atoms with Crippen molar-refractivity contribution < 1.29 is 14.6 Å². The van der Waals surface area contributed by atoms with Gasteiger partial charge in [0, 0.05) is 23.1 Å². The van der Waals surface area contributed by atoms with Gasteiger partial charge in [0.15, 0.2) is 5.82 Å². The summed E-state index contributed by atoms with van der Waals surface area (Å²) >= 11 is 1.61. The van der Waals surface area contributed by atoms with Crippen LogP contribution in [0.15, 0.2) is 53.9 Å². The molecule has 0 bridgehead atoms. The van der Waals surface area contributed by atoms with Gasteiger partial charge in [-0.1, -0.05) is 18.2 Å². The van der Waals surface area contributed by atoms with Gasteiger partial charge in [-0.3, -0.25) is 0 Å². The molecule has 4 aromatic rings. The van der Waals surface area contributed by atoms with E-state index in [1.165, 1.54) is 0 Å². The molecule has 1 aliphatic heterocycles. The Labute approximate surface area is 178 Å². The summed E-state index contributed by atoms with van der Waals surface area (Å²) in [5.41, 5.74) is 2.57. The van der Waals surface area contributed by atoms with Crippen LogP contribution in [-0.2, 0) is 6.54 Å². The topological polar surface area (TPSA) is 67.7 Å². The van der Waals surface area contributed by atoms with Gasteiger partial charge in [-0.15, -0.1) is 11.3 Å². The second-order valence-corrected chi connectivity index (χ2v) is 8.07. The fourth-order valence-corrected chi connectivity index (χ4v) is 4.71. The third-order valence-electron chi connectivity index (χ3n) is 5.41. The predicted octanol–water partition coefficient (Wildman–Crippen LogP) is 4.43. The monoisotopic (exact) mass is 419 g/mol. The van der Waals surface area contributed by atoms with Crippen molar-refractivity contribution in [2.75, 3.05) is 25.7 Å². The van der Waals surface area contributed by atoms with Crippen molar-refractivity contribution in [3.8, 4) is 22.2 Å². The largest absolute Gasteiger partial charge is 0.496 e. The summed E-state index contributed by atoms with van der Waals surface area (Å²) in [6, 6.07) is 15.7. The average Bonchev–Trinajstić information content (AvgIpc) is 3.32. The van der Waals surface area contributed by atoms with E-state index in [9.17, 15) is 5.11 Å². The fourth-order valence-electron chi connectivity index (χ4n) is 4.05. The molecule has 0 spiro atoms. The van der Waals surface area contributed by atoms with Crippen molar-refractivity contribution in [3.05, 3.63) is 65.0 Å². The highest BCUT2D eigenvalue weighted by Crippen LogP contribution is 2.41. The molecule has 5 rings (SSSR count). The number of rotatable bonds is 4. The lowest BCUT2D eigenvalue weighted by Gasteiger charge is -2.35. The molecule has 30 heavy (non-hydrogen) atoms. The SMILES string of the molecule is COc1ccc(OC)c2c1CN(c1nc(-c3cccs3)nc3ccccc13)CC2O. The Kier molecular flexibility index (Phi) is 4.77. The molecule has 0 amide bonds. The number of benzene rings is 2. The zero-order chi connectivity index (χ0) is 20.7. The Balaban J connectivity index is 1.67. The van der Waals surface area contributed by atoms with E-state index in [1.807, 2.05) is 53.9 Å². The van der Waals surface area contributed by atoms with Gasteiger partial charge in [-0.05, 0) is 35.7 Å². The van der Waals surface area contributed by atoms with Gasteiger partial charge in [0.2, 0.25) is 0 Å². The van der Waals surface area contributed by atoms with Crippen molar-refractivity contribution in [3.63, 3.8) is 0 Å². The normalized spacial score (nSPS) is 15.8. The van der Waals surface area contributed by atoms with Crippen molar-refractivity contribution in [2.24, 2.45) is 0 Å². The molecule has 1 aliphatic rings. The van der Waals surface area contributed by atoms with E-state index < -0.39 is 6.10 Å². The van der Waals surface area contributed by atoms with Crippen LogP contribution in [0.2, 0.25) is 0 Å². The lowest BCUT2D eigenvalue weighted by molar-refractivity contribution is 0.169. The molecular weight excluding hydrogens is 398 g/mol. The molecule has 1 unspecified atom stereocenters. The Morgan fingerprint density at radius 2 is 1.80 bits per heavy atom. The number of nitrogens with zero attached hydrogens (tertiary/aromatic N) is 3. The summed E-state index contributed by atoms with van der Waals surface area (Å²) in [4.78, 5) is 12.8. The van der Waals surface area contributed by atoms with E-state index in [4.69, 9.17) is 19.4 Å². The summed E-state index contributed by atoms with van der Waals surface area (Å²) in [6.45, 7) is 0.957. The molecule has 2 aromatic carbocycles. The molecule has 6 nitrogen and oxygen atoms in total. The Bertz CT molecular complexity index is 1210. The highest BCUT2D eigenvalue weighted by atomic mass is 32.1. The van der Waals surface area contributed by atoms with Gasteiger partial charge in [0.25, 0.3) is 0 Å². The minimum atomic E-state index is -0.724. The highest BCUT2D eigenvalue weighted by molar-refractivity contribution is 7.13. The van der Waals surface area contributed by atoms with Crippen molar-refractivity contribution in [1.82, 2.24) is 9.97 Å². The first-order chi connectivity index (χ1) is 14.7. The quantitative estimate of drug-likeness (QED) is 0.528. The molecule has 0 aliphatic carbocycles. The Hall–Kier alpha value is -3.16. The summed E-state index contributed by atoms with van der Waals surface area (Å²) < 4.78 is 11.1. The number of thiophene rings is 1. The average molecular weight is 420 g/mol. The number of ether oxygens (including phenoxy) is 2. The van der Waals surface area contributed by atoms with E-state index in [-0.39, 0.29) is 0 Å². The van der Waals surface area contributed by atoms with Gasteiger partial charge in [-0.2, -0.15) is 0 Å². The summed E-state index contributed by atoms with van der Waals surface area (Å²) in [5.74, 6) is 2.89. The van der Waals surface area contributed by atoms with Crippen LogP contribution in [0.5, 0.6) is 11.5 Å². The number of para-hydroxylation sites is 1. The first-order valence-corrected chi connectivity index (χ1v) is 10.5. The third-order valence-corrected chi connectivity index (χ3v) is 6.28. The number of aliphatic hydroxyl groups is 1. The van der Waals surface area contributed by atoms with Gasteiger partial charge in [0.05, 0.1) is 31.2 Å². The van der Waals surface area contributed by atoms with Gasteiger partial charge >= 0.3 is 0 Å². The molecule has 0 radical (unpaired) electrons. The molecule has 1 N–H and O–H groups in total. The van der Waals surface area contributed by atoms with Crippen LogP contribution in [0.25, 0.3) is 21.6 Å². The molecule has 3 heterocycles. The molecule has 7 heteroatoms. The van der Waals surface area contributed by atoms with Crippen molar-refractivity contribution in [1.29, 1.82) is 0 Å². The maximum absolute atomic E-state index is 11.0. The Morgan fingerprint density at radius 3 is 2.57 bits per heavy atom. The van der Waals surface area contributed by atoms with E-state index in [1.54, 1.807) is 25.6 Å². The summed E-state index contributed by atoms with van der Waals surface area (Å²) in [7, 11) is 3.26. The van der Waals surface area contributed by atoms with Crippen LogP contribution in [0, 0.1) is 0 Å². The van der Waals surface area contributed by atoms with E-state index in [0.29, 0.717) is 24.7 Å². The lowest BCUT2D eigenvalue weighted by Crippen LogP contribution is -2.35. The third kappa shape index (κ3) is 3.07. The molecule has 1 atom stereocenters. The number of anilines is 1. The zero-order valence-corrected chi connectivity index (χ0v) is 17.5. The van der Waals surface area contributed by atoms with E-state index in [2.05, 4.69) is 4.90 Å². The van der Waals surface area contributed by atoms with Crippen LogP contribution < -0.4 is 14.4 Å². The number of aliphatic hydroxyl groups excluding tert-OH is 1.